The minimum atomic E-state index is -0.189. The van der Waals surface area contributed by atoms with Gasteiger partial charge in [0.2, 0.25) is 5.95 Å². The van der Waals surface area contributed by atoms with Gasteiger partial charge in [-0.15, -0.1) is 0 Å². The average molecular weight is 338 g/mol. The highest BCUT2D eigenvalue weighted by atomic mass is 16.1. The molecular weight excluding hydrogens is 312 g/mol. The zero-order valence-corrected chi connectivity index (χ0v) is 15.1. The Hall–Kier alpha value is -2.43. The molecule has 3 rings (SSSR count). The second-order valence-electron chi connectivity index (χ2n) is 6.60. The fourth-order valence-corrected chi connectivity index (χ4v) is 3.10. The topological polar surface area (TPSA) is 58.1 Å². The van der Waals surface area contributed by atoms with Crippen LogP contribution in [0.3, 0.4) is 0 Å². The molecule has 2 heterocycles. The van der Waals surface area contributed by atoms with Gasteiger partial charge in [-0.3, -0.25) is 4.79 Å². The molecule has 132 valence electrons. The van der Waals surface area contributed by atoms with Crippen molar-refractivity contribution in [3.05, 3.63) is 47.3 Å². The number of carbonyl (C=O) groups excluding carboxylic acids is 1. The van der Waals surface area contributed by atoms with Gasteiger partial charge in [-0.05, 0) is 49.9 Å². The molecule has 1 aliphatic heterocycles. The Bertz CT molecular complexity index is 719. The molecule has 1 aliphatic rings. The molecule has 0 bridgehead atoms. The number of aryl methyl sites for hydroxylation is 2. The van der Waals surface area contributed by atoms with Crippen LogP contribution >= 0.6 is 0 Å². The lowest BCUT2D eigenvalue weighted by molar-refractivity contribution is 0.102. The summed E-state index contributed by atoms with van der Waals surface area (Å²) >= 11 is 0. The Kier molecular flexibility index (Phi) is 5.64. The van der Waals surface area contributed by atoms with Gasteiger partial charge >= 0.3 is 0 Å². The summed E-state index contributed by atoms with van der Waals surface area (Å²) in [5.74, 6) is 0.485. The second kappa shape index (κ2) is 8.10. The van der Waals surface area contributed by atoms with Gasteiger partial charge in [0.05, 0.1) is 0 Å². The van der Waals surface area contributed by atoms with Crippen LogP contribution in [-0.4, -0.2) is 29.0 Å². The molecule has 1 aromatic heterocycles. The van der Waals surface area contributed by atoms with Crippen molar-refractivity contribution in [1.82, 2.24) is 9.97 Å². The number of amides is 1. The molecule has 0 atom stereocenters. The van der Waals surface area contributed by atoms with E-state index < -0.39 is 0 Å². The van der Waals surface area contributed by atoms with Crippen molar-refractivity contribution < 1.29 is 4.79 Å². The molecule has 0 saturated carbocycles. The maximum atomic E-state index is 12.6. The van der Waals surface area contributed by atoms with E-state index in [1.54, 1.807) is 6.07 Å². The molecule has 0 radical (unpaired) electrons. The van der Waals surface area contributed by atoms with Crippen LogP contribution in [-0.2, 0) is 6.42 Å². The Balaban J connectivity index is 1.77. The van der Waals surface area contributed by atoms with Gasteiger partial charge < -0.3 is 10.2 Å². The van der Waals surface area contributed by atoms with Crippen molar-refractivity contribution in [2.24, 2.45) is 0 Å². The summed E-state index contributed by atoms with van der Waals surface area (Å²) in [6, 6.07) is 9.67. The van der Waals surface area contributed by atoms with E-state index in [0.29, 0.717) is 11.6 Å². The van der Waals surface area contributed by atoms with Crippen LogP contribution in [0.25, 0.3) is 0 Å². The number of hydrogen-bond acceptors (Lipinski definition) is 4. The first-order valence-corrected chi connectivity index (χ1v) is 9.16. The zero-order valence-electron chi connectivity index (χ0n) is 15.1. The molecular formula is C20H26N4O. The largest absolute Gasteiger partial charge is 0.341 e. The summed E-state index contributed by atoms with van der Waals surface area (Å²) < 4.78 is 0. The lowest BCUT2D eigenvalue weighted by Gasteiger charge is -2.21. The lowest BCUT2D eigenvalue weighted by atomic mass is 10.1. The Morgan fingerprint density at radius 2 is 1.76 bits per heavy atom. The molecule has 1 N–H and O–H groups in total. The maximum absolute atomic E-state index is 12.6. The van der Waals surface area contributed by atoms with Crippen molar-refractivity contribution >= 4 is 17.5 Å². The Morgan fingerprint density at radius 1 is 1.08 bits per heavy atom. The van der Waals surface area contributed by atoms with Crippen molar-refractivity contribution in [2.45, 2.75) is 46.0 Å². The van der Waals surface area contributed by atoms with Crippen molar-refractivity contribution in [1.29, 1.82) is 0 Å². The number of aromatic nitrogens is 2. The summed E-state index contributed by atoms with van der Waals surface area (Å²) in [7, 11) is 0. The molecule has 0 unspecified atom stereocenters. The van der Waals surface area contributed by atoms with E-state index in [4.69, 9.17) is 0 Å². The highest BCUT2D eigenvalue weighted by Gasteiger charge is 2.16. The molecule has 1 fully saturated rings. The molecule has 1 amide bonds. The molecule has 0 aliphatic carbocycles. The maximum Gasteiger partial charge on any atom is 0.274 e. The third-order valence-electron chi connectivity index (χ3n) is 4.58. The van der Waals surface area contributed by atoms with E-state index in [0.717, 1.165) is 43.7 Å². The number of carbonyl (C=O) groups is 1. The highest BCUT2D eigenvalue weighted by Crippen LogP contribution is 2.17. The van der Waals surface area contributed by atoms with Gasteiger partial charge in [0.15, 0.2) is 0 Å². The minimum Gasteiger partial charge on any atom is -0.341 e. The molecule has 25 heavy (non-hydrogen) atoms. The Morgan fingerprint density at radius 3 is 2.40 bits per heavy atom. The van der Waals surface area contributed by atoms with Gasteiger partial charge in [-0.1, -0.05) is 31.9 Å². The van der Waals surface area contributed by atoms with E-state index in [2.05, 4.69) is 27.1 Å². The van der Waals surface area contributed by atoms with Crippen LogP contribution in [0.2, 0.25) is 0 Å². The first-order valence-electron chi connectivity index (χ1n) is 9.16. The summed E-state index contributed by atoms with van der Waals surface area (Å²) in [5.41, 5.74) is 3.28. The quantitative estimate of drug-likeness (QED) is 0.916. The first-order chi connectivity index (χ1) is 12.2. The van der Waals surface area contributed by atoms with Crippen LogP contribution in [0, 0.1) is 6.92 Å². The summed E-state index contributed by atoms with van der Waals surface area (Å²) in [4.78, 5) is 23.9. The number of rotatable bonds is 4. The number of benzene rings is 1. The fourth-order valence-electron chi connectivity index (χ4n) is 3.10. The van der Waals surface area contributed by atoms with Gasteiger partial charge in [-0.25, -0.2) is 9.97 Å². The number of nitrogens with one attached hydrogen (secondary N) is 1. The normalized spacial score (nSPS) is 14.9. The fraction of sp³-hybridized carbons (Fsp3) is 0.450. The monoisotopic (exact) mass is 338 g/mol. The SMILES string of the molecule is CCc1ccc(NC(=O)c2cc(C)nc(N3CCCCCC3)n2)cc1. The van der Waals surface area contributed by atoms with E-state index >= 15 is 0 Å². The van der Waals surface area contributed by atoms with Gasteiger partial charge in [0, 0.05) is 24.5 Å². The third kappa shape index (κ3) is 4.56. The van der Waals surface area contributed by atoms with Gasteiger partial charge in [-0.2, -0.15) is 0 Å². The van der Waals surface area contributed by atoms with E-state index in [9.17, 15) is 4.79 Å². The predicted octanol–water partition coefficient (Wildman–Crippen LogP) is 3.98. The van der Waals surface area contributed by atoms with Crippen LogP contribution < -0.4 is 10.2 Å². The standard InChI is InChI=1S/C20H26N4O/c1-3-16-8-10-17(11-9-16)22-19(25)18-14-15(2)21-20(23-18)24-12-6-4-5-7-13-24/h8-11,14H,3-7,12-13H2,1-2H3,(H,22,25). The Labute approximate surface area is 149 Å². The molecule has 1 saturated heterocycles. The number of nitrogens with zero attached hydrogens (tertiary/aromatic N) is 3. The van der Waals surface area contributed by atoms with Crippen molar-refractivity contribution in [2.75, 3.05) is 23.3 Å². The van der Waals surface area contributed by atoms with Gasteiger partial charge in [0.25, 0.3) is 5.91 Å². The van der Waals surface area contributed by atoms with Crippen molar-refractivity contribution in [3.8, 4) is 0 Å². The smallest absolute Gasteiger partial charge is 0.274 e. The molecule has 5 heteroatoms. The lowest BCUT2D eigenvalue weighted by Crippen LogP contribution is -2.27. The van der Waals surface area contributed by atoms with E-state index in [-0.39, 0.29) is 5.91 Å². The number of anilines is 2. The molecule has 2 aromatic rings. The molecule has 0 spiro atoms. The minimum absolute atomic E-state index is 0.189. The van der Waals surface area contributed by atoms with Gasteiger partial charge in [0.1, 0.15) is 5.69 Å². The first kappa shape index (κ1) is 17.4. The summed E-state index contributed by atoms with van der Waals surface area (Å²) in [6.07, 6.45) is 5.80. The van der Waals surface area contributed by atoms with E-state index in [1.165, 1.54) is 18.4 Å². The van der Waals surface area contributed by atoms with Crippen LogP contribution in [0.5, 0.6) is 0 Å². The summed E-state index contributed by atoms with van der Waals surface area (Å²) in [6.45, 7) is 5.95. The zero-order chi connectivity index (χ0) is 17.6. The highest BCUT2D eigenvalue weighted by molar-refractivity contribution is 6.03. The third-order valence-corrected chi connectivity index (χ3v) is 4.58. The van der Waals surface area contributed by atoms with Crippen molar-refractivity contribution in [3.63, 3.8) is 0 Å². The van der Waals surface area contributed by atoms with E-state index in [1.807, 2.05) is 31.2 Å². The average Bonchev–Trinajstić information content (AvgIpc) is 2.91. The number of hydrogen-bond donors (Lipinski definition) is 1. The summed E-state index contributed by atoms with van der Waals surface area (Å²) in [5, 5.41) is 2.93. The molecule has 5 nitrogen and oxygen atoms in total. The molecule has 1 aromatic carbocycles. The van der Waals surface area contributed by atoms with Crippen LogP contribution in [0.4, 0.5) is 11.6 Å². The predicted molar refractivity (Wildman–Crippen MR) is 101 cm³/mol. The van der Waals surface area contributed by atoms with Crippen LogP contribution in [0.15, 0.2) is 30.3 Å². The second-order valence-corrected chi connectivity index (χ2v) is 6.60. The van der Waals surface area contributed by atoms with Crippen LogP contribution in [0.1, 0.15) is 54.4 Å².